The molecule has 0 aliphatic carbocycles. The fourth-order valence-corrected chi connectivity index (χ4v) is 2.64. The van der Waals surface area contributed by atoms with Crippen LogP contribution in [0.1, 0.15) is 17.0 Å². The second kappa shape index (κ2) is 8.43. The molecule has 0 aliphatic heterocycles. The number of hydrogen-bond acceptors (Lipinski definition) is 6. The zero-order valence-electron chi connectivity index (χ0n) is 16.4. The predicted molar refractivity (Wildman–Crippen MR) is 114 cm³/mol. The van der Waals surface area contributed by atoms with Crippen molar-refractivity contribution in [2.45, 2.75) is 6.92 Å². The molecule has 0 unspecified atom stereocenters. The van der Waals surface area contributed by atoms with E-state index in [1.807, 2.05) is 43.3 Å². The minimum absolute atomic E-state index is 0.0321. The lowest BCUT2D eigenvalue weighted by molar-refractivity contribution is -0.110. The number of aromatic nitrogens is 3. The first-order valence-corrected chi connectivity index (χ1v) is 8.95. The van der Waals surface area contributed by atoms with Crippen LogP contribution in [0.15, 0.2) is 60.6 Å². The molecule has 7 heteroatoms. The van der Waals surface area contributed by atoms with Crippen LogP contribution in [0.2, 0.25) is 0 Å². The molecular formula is C22H22N4O3. The molecule has 3 aromatic rings. The van der Waals surface area contributed by atoms with E-state index in [1.165, 1.54) is 28.8 Å². The van der Waals surface area contributed by atoms with Crippen LogP contribution >= 0.6 is 0 Å². The topological polar surface area (TPSA) is 91.0 Å². The number of aliphatic hydroxyl groups excluding tert-OH is 1. The monoisotopic (exact) mass is 390 g/mol. The average molecular weight is 390 g/mol. The van der Waals surface area contributed by atoms with Crippen molar-refractivity contribution < 1.29 is 15.0 Å². The van der Waals surface area contributed by atoms with Gasteiger partial charge in [-0.15, -0.1) is 0 Å². The molecular weight excluding hydrogens is 368 g/mol. The van der Waals surface area contributed by atoms with Gasteiger partial charge in [-0.05, 0) is 42.8 Å². The van der Waals surface area contributed by atoms with Gasteiger partial charge in [-0.25, -0.2) is 4.98 Å². The van der Waals surface area contributed by atoms with E-state index in [4.69, 9.17) is 0 Å². The second-order valence-electron chi connectivity index (χ2n) is 6.69. The van der Waals surface area contributed by atoms with E-state index in [2.05, 4.69) is 9.97 Å². The first-order valence-electron chi connectivity index (χ1n) is 8.95. The minimum atomic E-state index is -0.386. The van der Waals surface area contributed by atoms with Gasteiger partial charge in [0.05, 0.1) is 11.9 Å². The summed E-state index contributed by atoms with van der Waals surface area (Å²) in [6, 6.07) is 7.79. The van der Waals surface area contributed by atoms with Crippen molar-refractivity contribution in [1.29, 1.82) is 0 Å². The van der Waals surface area contributed by atoms with Crippen LogP contribution in [0, 0.1) is 6.92 Å². The van der Waals surface area contributed by atoms with Crippen LogP contribution < -0.4 is 4.90 Å². The minimum Gasteiger partial charge on any atom is -0.508 e. The molecule has 2 N–H and O–H groups in total. The third-order valence-electron chi connectivity index (χ3n) is 4.24. The third kappa shape index (κ3) is 4.90. The number of carbonyl (C=O) groups excluding carboxylic acids is 1. The summed E-state index contributed by atoms with van der Waals surface area (Å²) < 4.78 is 1.49. The Hall–Kier alpha value is -3.87. The molecule has 3 rings (SSSR count). The van der Waals surface area contributed by atoms with Crippen LogP contribution in [-0.2, 0) is 4.79 Å². The van der Waals surface area contributed by atoms with Gasteiger partial charge in [0.15, 0.2) is 11.4 Å². The van der Waals surface area contributed by atoms with Crippen LogP contribution in [0.5, 0.6) is 5.88 Å². The van der Waals surface area contributed by atoms with Crippen molar-refractivity contribution in [2.75, 3.05) is 19.0 Å². The summed E-state index contributed by atoms with van der Waals surface area (Å²) >= 11 is 0. The van der Waals surface area contributed by atoms with Gasteiger partial charge in [-0.1, -0.05) is 18.2 Å². The summed E-state index contributed by atoms with van der Waals surface area (Å²) in [5.74, 6) is -0.504. The number of aryl methyl sites for hydroxylation is 1. The van der Waals surface area contributed by atoms with Crippen LogP contribution in [0.4, 0.5) is 5.69 Å². The lowest BCUT2D eigenvalue weighted by Crippen LogP contribution is -2.07. The molecule has 0 saturated carbocycles. The summed E-state index contributed by atoms with van der Waals surface area (Å²) in [6.45, 7) is 1.69. The Labute approximate surface area is 168 Å². The van der Waals surface area contributed by atoms with Crippen molar-refractivity contribution in [1.82, 2.24) is 14.4 Å². The molecule has 1 aromatic carbocycles. The molecule has 0 fully saturated rings. The lowest BCUT2D eigenvalue weighted by atomic mass is 10.1. The highest BCUT2D eigenvalue weighted by atomic mass is 16.3. The highest BCUT2D eigenvalue weighted by Crippen LogP contribution is 2.18. The van der Waals surface area contributed by atoms with Gasteiger partial charge in [0.25, 0.3) is 0 Å². The zero-order chi connectivity index (χ0) is 21.0. The van der Waals surface area contributed by atoms with Crippen molar-refractivity contribution in [2.24, 2.45) is 0 Å². The number of ketones is 1. The average Bonchev–Trinajstić information content (AvgIpc) is 2.98. The molecule has 0 bridgehead atoms. The number of allylic oxidation sites excluding steroid dienone is 3. The van der Waals surface area contributed by atoms with Crippen molar-refractivity contribution in [3.63, 3.8) is 0 Å². The van der Waals surface area contributed by atoms with Gasteiger partial charge in [-0.2, -0.15) is 0 Å². The number of imidazole rings is 1. The van der Waals surface area contributed by atoms with Gasteiger partial charge < -0.3 is 15.1 Å². The van der Waals surface area contributed by atoms with Gasteiger partial charge in [-0.3, -0.25) is 14.2 Å². The first-order chi connectivity index (χ1) is 13.8. The number of anilines is 1. The number of aliphatic hydroxyl groups is 1. The summed E-state index contributed by atoms with van der Waals surface area (Å²) in [5.41, 5.74) is 3.48. The Bertz CT molecular complexity index is 1120. The van der Waals surface area contributed by atoms with E-state index in [0.29, 0.717) is 17.0 Å². The van der Waals surface area contributed by atoms with Crippen LogP contribution in [0.25, 0.3) is 17.8 Å². The van der Waals surface area contributed by atoms with E-state index in [1.54, 1.807) is 19.2 Å². The number of hydrogen-bond donors (Lipinski definition) is 2. The number of carbonyl (C=O) groups is 1. The van der Waals surface area contributed by atoms with Crippen molar-refractivity contribution in [3.05, 3.63) is 77.6 Å². The maximum Gasteiger partial charge on any atom is 0.219 e. The summed E-state index contributed by atoms with van der Waals surface area (Å²) in [5, 5.41) is 19.9. The lowest BCUT2D eigenvalue weighted by Gasteiger charge is -2.11. The standard InChI is InChI=1S/C22H22N4O3/c1-15-22(29)26-14-17(23-13-21(26)24-15)7-11-20(28)12-19(27)10-6-16-4-8-18(9-5-16)25(2)3/h4-14,27,29H,1-3H3/b10-6+,11-7+,19-12-. The predicted octanol–water partition coefficient (Wildman–Crippen LogP) is 3.55. The largest absolute Gasteiger partial charge is 0.508 e. The highest BCUT2D eigenvalue weighted by molar-refractivity contribution is 6.02. The SMILES string of the molecule is Cc1nc2cnc(/C=C/C(=O)/C=C(O)/C=C/c3ccc(N(C)C)cc3)cn2c1O. The molecule has 0 radical (unpaired) electrons. The number of fused-ring (bicyclic) bond motifs is 1. The molecule has 0 aliphatic rings. The van der Waals surface area contributed by atoms with E-state index in [9.17, 15) is 15.0 Å². The Kier molecular flexibility index (Phi) is 5.78. The van der Waals surface area contributed by atoms with E-state index < -0.39 is 0 Å². The van der Waals surface area contributed by atoms with Crippen LogP contribution in [0.3, 0.4) is 0 Å². The Balaban J connectivity index is 1.66. The third-order valence-corrected chi connectivity index (χ3v) is 4.24. The van der Waals surface area contributed by atoms with E-state index >= 15 is 0 Å². The van der Waals surface area contributed by atoms with Gasteiger partial charge in [0, 0.05) is 32.1 Å². The maximum absolute atomic E-state index is 12.0. The normalized spacial score (nSPS) is 12.3. The second-order valence-corrected chi connectivity index (χ2v) is 6.69. The highest BCUT2D eigenvalue weighted by Gasteiger charge is 2.07. The van der Waals surface area contributed by atoms with Crippen molar-refractivity contribution in [3.8, 4) is 5.88 Å². The number of nitrogens with zero attached hydrogens (tertiary/aromatic N) is 4. The van der Waals surface area contributed by atoms with E-state index in [0.717, 1.165) is 17.3 Å². The molecule has 7 nitrogen and oxygen atoms in total. The van der Waals surface area contributed by atoms with Gasteiger partial charge >= 0.3 is 0 Å². The molecule has 0 amide bonds. The Morgan fingerprint density at radius 1 is 1.14 bits per heavy atom. The first kappa shape index (κ1) is 19.9. The number of rotatable bonds is 6. The zero-order valence-corrected chi connectivity index (χ0v) is 16.4. The fourth-order valence-electron chi connectivity index (χ4n) is 2.64. The van der Waals surface area contributed by atoms with Gasteiger partial charge in [0.1, 0.15) is 11.5 Å². The molecule has 2 heterocycles. The fraction of sp³-hybridized carbons (Fsp3) is 0.136. The quantitative estimate of drug-likeness (QED) is 0.380. The smallest absolute Gasteiger partial charge is 0.219 e. The Morgan fingerprint density at radius 3 is 2.55 bits per heavy atom. The summed E-state index contributed by atoms with van der Waals surface area (Å²) in [4.78, 5) is 22.4. The maximum atomic E-state index is 12.0. The number of benzene rings is 1. The molecule has 0 saturated heterocycles. The number of aromatic hydroxyl groups is 1. The van der Waals surface area contributed by atoms with Crippen molar-refractivity contribution >= 4 is 29.3 Å². The molecule has 148 valence electrons. The Morgan fingerprint density at radius 2 is 1.86 bits per heavy atom. The van der Waals surface area contributed by atoms with E-state index in [-0.39, 0.29) is 17.4 Å². The summed E-state index contributed by atoms with van der Waals surface area (Å²) in [6.07, 6.45) is 10.2. The molecule has 0 atom stereocenters. The summed E-state index contributed by atoms with van der Waals surface area (Å²) in [7, 11) is 3.93. The molecule has 29 heavy (non-hydrogen) atoms. The van der Waals surface area contributed by atoms with Crippen LogP contribution in [-0.4, -0.2) is 44.5 Å². The van der Waals surface area contributed by atoms with Gasteiger partial charge in [0.2, 0.25) is 5.88 Å². The molecule has 2 aromatic heterocycles. The molecule has 0 spiro atoms.